The molecule has 0 bridgehead atoms. The number of fused-ring (bicyclic) bond motifs is 1. The number of aromatic nitrogens is 3. The molecule has 0 amide bonds. The topological polar surface area (TPSA) is 68.8 Å². The second-order valence-corrected chi connectivity index (χ2v) is 7.06. The Balaban J connectivity index is 1.74. The highest BCUT2D eigenvalue weighted by molar-refractivity contribution is 9.10. The Labute approximate surface area is 149 Å². The maximum absolute atomic E-state index is 5.84. The van der Waals surface area contributed by atoms with Crippen molar-refractivity contribution in [3.05, 3.63) is 69.7 Å². The lowest BCUT2D eigenvalue weighted by Gasteiger charge is -2.31. The summed E-state index contributed by atoms with van der Waals surface area (Å²) in [5, 5.41) is 7.85. The smallest absolute Gasteiger partial charge is 0.241 e. The Bertz CT molecular complexity index is 854. The fraction of sp³-hybridized carbons (Fsp3) is 0.222. The molecule has 2 unspecified atom stereocenters. The molecule has 2 heterocycles. The standard InChI is InChI=1S/C18H18BrN5/c1-11-2-4-13(5-3-11)16-10-15(12-6-8-14(19)9-7-12)21-18-22-17(20)23-24(16)18/h2-9,15-16H,10H2,1H3,(H3,20,21,22,23). The molecule has 3 N–H and O–H groups in total. The van der Waals surface area contributed by atoms with E-state index in [4.69, 9.17) is 5.73 Å². The number of hydrogen-bond acceptors (Lipinski definition) is 4. The minimum Gasteiger partial charge on any atom is -0.366 e. The van der Waals surface area contributed by atoms with Gasteiger partial charge in [0, 0.05) is 4.47 Å². The van der Waals surface area contributed by atoms with Crippen LogP contribution in [-0.4, -0.2) is 14.8 Å². The van der Waals surface area contributed by atoms with Crippen molar-refractivity contribution in [3.63, 3.8) is 0 Å². The molecule has 0 spiro atoms. The lowest BCUT2D eigenvalue weighted by atomic mass is 9.93. The van der Waals surface area contributed by atoms with Crippen LogP contribution >= 0.6 is 15.9 Å². The second kappa shape index (κ2) is 5.94. The first-order valence-electron chi connectivity index (χ1n) is 7.91. The Hall–Kier alpha value is -2.34. The van der Waals surface area contributed by atoms with Crippen LogP contribution in [0.4, 0.5) is 11.9 Å². The molecule has 0 fully saturated rings. The summed E-state index contributed by atoms with van der Waals surface area (Å²) >= 11 is 3.49. The van der Waals surface area contributed by atoms with Gasteiger partial charge in [-0.1, -0.05) is 57.9 Å². The number of nitrogen functional groups attached to an aromatic ring is 1. The van der Waals surface area contributed by atoms with Gasteiger partial charge in [-0.3, -0.25) is 0 Å². The predicted molar refractivity (Wildman–Crippen MR) is 98.9 cm³/mol. The van der Waals surface area contributed by atoms with Crippen LogP contribution < -0.4 is 11.1 Å². The highest BCUT2D eigenvalue weighted by Crippen LogP contribution is 2.38. The lowest BCUT2D eigenvalue weighted by molar-refractivity contribution is 0.431. The van der Waals surface area contributed by atoms with Gasteiger partial charge in [0.15, 0.2) is 0 Å². The molecule has 1 aliphatic rings. The van der Waals surface area contributed by atoms with Crippen molar-refractivity contribution < 1.29 is 0 Å². The van der Waals surface area contributed by atoms with Crippen molar-refractivity contribution in [1.82, 2.24) is 14.8 Å². The van der Waals surface area contributed by atoms with Gasteiger partial charge in [0.2, 0.25) is 11.9 Å². The van der Waals surface area contributed by atoms with E-state index in [9.17, 15) is 0 Å². The van der Waals surface area contributed by atoms with Crippen LogP contribution in [0.15, 0.2) is 53.0 Å². The molecule has 2 atom stereocenters. The maximum Gasteiger partial charge on any atom is 0.241 e. The molecule has 0 aliphatic carbocycles. The molecule has 1 aliphatic heterocycles. The number of hydrogen-bond donors (Lipinski definition) is 2. The summed E-state index contributed by atoms with van der Waals surface area (Å²) in [4.78, 5) is 4.35. The zero-order valence-electron chi connectivity index (χ0n) is 13.3. The van der Waals surface area contributed by atoms with Crippen molar-refractivity contribution in [1.29, 1.82) is 0 Å². The molecule has 4 rings (SSSR count). The third kappa shape index (κ3) is 2.78. The molecule has 5 nitrogen and oxygen atoms in total. The first-order valence-corrected chi connectivity index (χ1v) is 8.70. The average Bonchev–Trinajstić information content (AvgIpc) is 2.95. The number of aryl methyl sites for hydroxylation is 1. The SMILES string of the molecule is Cc1ccc(C2CC(c3ccc(Br)cc3)Nc3nc(N)nn32)cc1. The molecule has 122 valence electrons. The molecule has 2 aromatic carbocycles. The number of rotatable bonds is 2. The van der Waals surface area contributed by atoms with Gasteiger partial charge in [-0.2, -0.15) is 4.98 Å². The fourth-order valence-corrected chi connectivity index (χ4v) is 3.44. The first-order chi connectivity index (χ1) is 11.6. The Kier molecular flexibility index (Phi) is 3.76. The van der Waals surface area contributed by atoms with Gasteiger partial charge >= 0.3 is 0 Å². The zero-order valence-corrected chi connectivity index (χ0v) is 14.9. The van der Waals surface area contributed by atoms with E-state index in [0.717, 1.165) is 16.8 Å². The Morgan fingerprint density at radius 2 is 1.75 bits per heavy atom. The van der Waals surface area contributed by atoms with E-state index in [1.807, 2.05) is 4.68 Å². The predicted octanol–water partition coefficient (Wildman–Crippen LogP) is 4.08. The quantitative estimate of drug-likeness (QED) is 0.699. The van der Waals surface area contributed by atoms with Gasteiger partial charge in [-0.05, 0) is 36.6 Å². The van der Waals surface area contributed by atoms with Crippen molar-refractivity contribution >= 4 is 27.8 Å². The molecule has 0 saturated carbocycles. The van der Waals surface area contributed by atoms with Crippen LogP contribution in [0.5, 0.6) is 0 Å². The maximum atomic E-state index is 5.84. The highest BCUT2D eigenvalue weighted by Gasteiger charge is 2.30. The van der Waals surface area contributed by atoms with Crippen LogP contribution in [-0.2, 0) is 0 Å². The largest absolute Gasteiger partial charge is 0.366 e. The van der Waals surface area contributed by atoms with Gasteiger partial charge in [0.1, 0.15) is 0 Å². The lowest BCUT2D eigenvalue weighted by Crippen LogP contribution is -2.28. The first kappa shape index (κ1) is 15.2. The van der Waals surface area contributed by atoms with Crippen LogP contribution in [0.1, 0.15) is 35.2 Å². The fourth-order valence-electron chi connectivity index (χ4n) is 3.17. The summed E-state index contributed by atoms with van der Waals surface area (Å²) in [6.07, 6.45) is 0.889. The van der Waals surface area contributed by atoms with Gasteiger partial charge in [-0.15, -0.1) is 5.10 Å². The minimum absolute atomic E-state index is 0.111. The monoisotopic (exact) mass is 383 g/mol. The van der Waals surface area contributed by atoms with E-state index in [0.29, 0.717) is 5.95 Å². The van der Waals surface area contributed by atoms with Crippen molar-refractivity contribution in [3.8, 4) is 0 Å². The number of anilines is 2. The summed E-state index contributed by atoms with van der Waals surface area (Å²) < 4.78 is 2.97. The van der Waals surface area contributed by atoms with E-state index >= 15 is 0 Å². The third-order valence-electron chi connectivity index (χ3n) is 4.44. The number of benzene rings is 2. The highest BCUT2D eigenvalue weighted by atomic mass is 79.9. The van der Waals surface area contributed by atoms with Gasteiger partial charge in [-0.25, -0.2) is 4.68 Å². The number of nitrogens with one attached hydrogen (secondary N) is 1. The van der Waals surface area contributed by atoms with Crippen LogP contribution in [0.3, 0.4) is 0 Å². The van der Waals surface area contributed by atoms with Crippen molar-refractivity contribution in [2.45, 2.75) is 25.4 Å². The number of nitrogens with two attached hydrogens (primary N) is 1. The van der Waals surface area contributed by atoms with E-state index < -0.39 is 0 Å². The molecule has 3 aromatic rings. The zero-order chi connectivity index (χ0) is 16.7. The molecule has 0 radical (unpaired) electrons. The van der Waals surface area contributed by atoms with Gasteiger partial charge in [0.25, 0.3) is 0 Å². The molecule has 24 heavy (non-hydrogen) atoms. The molecular weight excluding hydrogens is 366 g/mol. The van der Waals surface area contributed by atoms with E-state index in [2.05, 4.69) is 86.8 Å². The number of nitrogens with zero attached hydrogens (tertiary/aromatic N) is 3. The van der Waals surface area contributed by atoms with Crippen molar-refractivity contribution in [2.75, 3.05) is 11.1 Å². The van der Waals surface area contributed by atoms with Gasteiger partial charge in [0.05, 0.1) is 12.1 Å². The van der Waals surface area contributed by atoms with Gasteiger partial charge < -0.3 is 11.1 Å². The summed E-state index contributed by atoms with van der Waals surface area (Å²) in [6.45, 7) is 2.09. The molecule has 0 saturated heterocycles. The normalized spacial score (nSPS) is 19.6. The van der Waals surface area contributed by atoms with E-state index in [-0.39, 0.29) is 12.1 Å². The average molecular weight is 384 g/mol. The molecular formula is C18H18BrN5. The summed E-state index contributed by atoms with van der Waals surface area (Å²) in [6, 6.07) is 17.2. The van der Waals surface area contributed by atoms with Crippen LogP contribution in [0.25, 0.3) is 0 Å². The van der Waals surface area contributed by atoms with Crippen LogP contribution in [0.2, 0.25) is 0 Å². The van der Waals surface area contributed by atoms with E-state index in [1.165, 1.54) is 16.7 Å². The van der Waals surface area contributed by atoms with Crippen LogP contribution in [0, 0.1) is 6.92 Å². The third-order valence-corrected chi connectivity index (χ3v) is 4.97. The Morgan fingerprint density at radius 1 is 1.08 bits per heavy atom. The minimum atomic E-state index is 0.111. The summed E-state index contributed by atoms with van der Waals surface area (Å²) in [5.74, 6) is 1.02. The summed E-state index contributed by atoms with van der Waals surface area (Å²) in [7, 11) is 0. The van der Waals surface area contributed by atoms with E-state index in [1.54, 1.807) is 0 Å². The molecule has 1 aromatic heterocycles. The Morgan fingerprint density at radius 3 is 2.46 bits per heavy atom. The second-order valence-electron chi connectivity index (χ2n) is 6.15. The summed E-state index contributed by atoms with van der Waals surface area (Å²) in [5.41, 5.74) is 9.53. The number of halogens is 1. The van der Waals surface area contributed by atoms with Crippen molar-refractivity contribution in [2.24, 2.45) is 0 Å². The molecule has 6 heteroatoms.